The summed E-state index contributed by atoms with van der Waals surface area (Å²) in [6.07, 6.45) is 21.9. The summed E-state index contributed by atoms with van der Waals surface area (Å²) < 4.78 is 5.09. The van der Waals surface area contributed by atoms with Gasteiger partial charge in [-0.15, -0.1) is 0 Å². The summed E-state index contributed by atoms with van der Waals surface area (Å²) in [6, 6.07) is 0. The van der Waals surface area contributed by atoms with Crippen molar-refractivity contribution in [2.45, 2.75) is 115 Å². The second-order valence-corrected chi connectivity index (χ2v) is 8.57. The van der Waals surface area contributed by atoms with Crippen LogP contribution in [-0.4, -0.2) is 29.4 Å². The summed E-state index contributed by atoms with van der Waals surface area (Å²) in [5.74, 6) is -0.253. The summed E-state index contributed by atoms with van der Waals surface area (Å²) in [7, 11) is 0. The van der Waals surface area contributed by atoms with Crippen LogP contribution in [0.15, 0.2) is 12.2 Å². The summed E-state index contributed by atoms with van der Waals surface area (Å²) >= 11 is 1.88. The molecule has 0 saturated heterocycles. The van der Waals surface area contributed by atoms with Crippen molar-refractivity contribution < 1.29 is 9.53 Å². The molecule has 2 nitrogen and oxygen atoms in total. The average molecular weight is 415 g/mol. The quantitative estimate of drug-likeness (QED) is 0.106. The zero-order valence-corrected chi connectivity index (χ0v) is 19.3. The van der Waals surface area contributed by atoms with Crippen molar-refractivity contribution in [2.24, 2.45) is 0 Å². The van der Waals surface area contributed by atoms with Crippen LogP contribution in [0.4, 0.5) is 0 Å². The molecular weight excluding hydrogens is 371 g/mol. The van der Waals surface area contributed by atoms with Crippen LogP contribution in [0.3, 0.4) is 0 Å². The Morgan fingerprint density at radius 2 is 1.00 bits per heavy atom. The normalized spacial score (nSPS) is 10.8. The zero-order chi connectivity index (χ0) is 18.6. The molecule has 0 fully saturated rings. The molecular formula is C22H43AsO2. The monoisotopic (exact) mass is 414 g/mol. The van der Waals surface area contributed by atoms with Crippen molar-refractivity contribution in [3.63, 3.8) is 0 Å². The first kappa shape index (κ1) is 24.8. The van der Waals surface area contributed by atoms with E-state index in [1.54, 1.807) is 6.92 Å². The average Bonchev–Trinajstić information content (AvgIpc) is 2.60. The van der Waals surface area contributed by atoms with Crippen LogP contribution < -0.4 is 0 Å². The molecule has 0 spiro atoms. The Bertz CT molecular complexity index is 315. The summed E-state index contributed by atoms with van der Waals surface area (Å²) in [5.41, 5.74) is 0.493. The van der Waals surface area contributed by atoms with E-state index in [-0.39, 0.29) is 5.97 Å². The predicted molar refractivity (Wildman–Crippen MR) is 113 cm³/mol. The minimum absolute atomic E-state index is 0.253. The molecule has 0 aromatic heterocycles. The van der Waals surface area contributed by atoms with Gasteiger partial charge in [-0.05, 0) is 13.3 Å². The third-order valence-electron chi connectivity index (χ3n) is 4.68. The van der Waals surface area contributed by atoms with Gasteiger partial charge in [0.2, 0.25) is 0 Å². The molecule has 0 bridgehead atoms. The fourth-order valence-electron chi connectivity index (χ4n) is 3.01. The van der Waals surface area contributed by atoms with Crippen molar-refractivity contribution in [1.82, 2.24) is 0 Å². The van der Waals surface area contributed by atoms with Gasteiger partial charge in [0.05, 0.1) is 6.61 Å². The molecule has 0 saturated carbocycles. The van der Waals surface area contributed by atoms with Crippen LogP contribution in [0.1, 0.15) is 110 Å². The van der Waals surface area contributed by atoms with Crippen LogP contribution in [0.2, 0.25) is 5.21 Å². The number of ether oxygens (including phenoxy) is 1. The van der Waals surface area contributed by atoms with E-state index in [9.17, 15) is 4.79 Å². The SMILES string of the molecule is C=C(C)C(=O)OCCCCCCCCCCCCCCCCCC[AsH2]. The molecule has 3 heteroatoms. The van der Waals surface area contributed by atoms with Gasteiger partial charge < -0.3 is 4.74 Å². The number of carbonyl (C=O) groups is 1. The number of rotatable bonds is 19. The molecule has 0 N–H and O–H groups in total. The Morgan fingerprint density at radius 1 is 0.680 bits per heavy atom. The number of carbonyl (C=O) groups excluding carboxylic acids is 1. The number of hydrogen-bond acceptors (Lipinski definition) is 2. The van der Waals surface area contributed by atoms with Gasteiger partial charge in [0.15, 0.2) is 0 Å². The Morgan fingerprint density at radius 3 is 1.32 bits per heavy atom. The minimum atomic E-state index is -0.253. The standard InChI is InChI=1S/C22H43AsO2/c1-21(2)22(24)25-20-18-16-14-12-10-8-6-4-3-5-7-9-11-13-15-17-19-23/h1,3-20,23H2,2H3. The molecule has 1 unspecified atom stereocenters. The van der Waals surface area contributed by atoms with Crippen LogP contribution >= 0.6 is 0 Å². The van der Waals surface area contributed by atoms with Gasteiger partial charge in [-0.3, -0.25) is 0 Å². The van der Waals surface area contributed by atoms with Gasteiger partial charge in [-0.2, -0.15) is 0 Å². The van der Waals surface area contributed by atoms with Crippen LogP contribution in [-0.2, 0) is 9.53 Å². The summed E-state index contributed by atoms with van der Waals surface area (Å²) in [4.78, 5) is 11.2. The molecule has 0 heterocycles. The molecule has 0 rings (SSSR count). The van der Waals surface area contributed by atoms with Gasteiger partial charge in [0.1, 0.15) is 0 Å². The van der Waals surface area contributed by atoms with E-state index >= 15 is 0 Å². The first-order chi connectivity index (χ1) is 12.2. The summed E-state index contributed by atoms with van der Waals surface area (Å²) in [5, 5.41) is 1.41. The first-order valence-electron chi connectivity index (χ1n) is 10.7. The first-order valence-corrected chi connectivity index (χ1v) is 12.4. The van der Waals surface area contributed by atoms with E-state index in [0.29, 0.717) is 12.2 Å². The molecule has 0 aromatic carbocycles. The van der Waals surface area contributed by atoms with Gasteiger partial charge >= 0.3 is 98.7 Å². The fraction of sp³-hybridized carbons (Fsp3) is 0.864. The fourth-order valence-corrected chi connectivity index (χ4v) is 3.62. The maximum absolute atomic E-state index is 11.2. The van der Waals surface area contributed by atoms with E-state index in [4.69, 9.17) is 4.74 Å². The molecule has 0 aliphatic carbocycles. The van der Waals surface area contributed by atoms with E-state index in [1.165, 1.54) is 102 Å². The molecule has 0 aliphatic heterocycles. The molecule has 0 aliphatic rings. The van der Waals surface area contributed by atoms with E-state index in [1.807, 2.05) is 16.9 Å². The van der Waals surface area contributed by atoms with Crippen LogP contribution in [0.5, 0.6) is 0 Å². The molecule has 0 radical (unpaired) electrons. The van der Waals surface area contributed by atoms with Crippen molar-refractivity contribution in [3.05, 3.63) is 12.2 Å². The van der Waals surface area contributed by atoms with Crippen LogP contribution in [0, 0.1) is 0 Å². The Kier molecular flexibility index (Phi) is 19.9. The van der Waals surface area contributed by atoms with E-state index in [0.717, 1.165) is 6.42 Å². The van der Waals surface area contributed by atoms with Crippen molar-refractivity contribution in [3.8, 4) is 0 Å². The molecule has 0 aromatic rings. The van der Waals surface area contributed by atoms with Crippen LogP contribution in [0.25, 0.3) is 0 Å². The zero-order valence-electron chi connectivity index (χ0n) is 16.8. The second-order valence-electron chi connectivity index (χ2n) is 7.36. The Balaban J connectivity index is 3.05. The number of unbranched alkanes of at least 4 members (excludes halogenated alkanes) is 15. The predicted octanol–water partition coefficient (Wildman–Crippen LogP) is 6.40. The third-order valence-corrected chi connectivity index (χ3v) is 5.54. The molecule has 1 atom stereocenters. The topological polar surface area (TPSA) is 26.3 Å². The van der Waals surface area contributed by atoms with E-state index < -0.39 is 0 Å². The van der Waals surface area contributed by atoms with Gasteiger partial charge in [-0.1, -0.05) is 32.3 Å². The van der Waals surface area contributed by atoms with Crippen molar-refractivity contribution >= 4 is 22.8 Å². The second kappa shape index (κ2) is 20.1. The van der Waals surface area contributed by atoms with Gasteiger partial charge in [0.25, 0.3) is 0 Å². The Hall–Kier alpha value is -0.232. The summed E-state index contributed by atoms with van der Waals surface area (Å²) in [6.45, 7) is 5.82. The van der Waals surface area contributed by atoms with Gasteiger partial charge in [0, 0.05) is 5.57 Å². The molecule has 148 valence electrons. The molecule has 0 amide bonds. The Labute approximate surface area is 166 Å². The van der Waals surface area contributed by atoms with Crippen molar-refractivity contribution in [1.29, 1.82) is 0 Å². The van der Waals surface area contributed by atoms with Crippen molar-refractivity contribution in [2.75, 3.05) is 6.61 Å². The number of esters is 1. The maximum atomic E-state index is 11.2. The van der Waals surface area contributed by atoms with E-state index in [2.05, 4.69) is 6.58 Å². The van der Waals surface area contributed by atoms with Gasteiger partial charge in [-0.25, -0.2) is 4.79 Å². The number of hydrogen-bond donors (Lipinski definition) is 0. The third kappa shape index (κ3) is 19.9. The molecule has 25 heavy (non-hydrogen) atoms.